The summed E-state index contributed by atoms with van der Waals surface area (Å²) >= 11 is 0. The maximum atomic E-state index is 12.7. The molecule has 1 N–H and O–H groups in total. The molecule has 1 saturated heterocycles. The van der Waals surface area contributed by atoms with Crippen LogP contribution in [0.1, 0.15) is 26.2 Å². The first kappa shape index (κ1) is 14.8. The maximum absolute atomic E-state index is 12.7. The lowest BCUT2D eigenvalue weighted by molar-refractivity contribution is -0.138. The summed E-state index contributed by atoms with van der Waals surface area (Å²) in [7, 11) is 0. The van der Waals surface area contributed by atoms with E-state index in [1.807, 2.05) is 0 Å². The molecule has 0 spiro atoms. The van der Waals surface area contributed by atoms with Crippen molar-refractivity contribution in [2.24, 2.45) is 0 Å². The van der Waals surface area contributed by atoms with Gasteiger partial charge in [0, 0.05) is 13.1 Å². The SMILES string of the molecule is CC1(O)CCCN(C(=O)CCOc2ccc(F)cc2)C1. The Morgan fingerprint density at radius 2 is 2.15 bits per heavy atom. The number of likely N-dealkylation sites (tertiary alicyclic amines) is 1. The molecule has 0 radical (unpaired) electrons. The van der Waals surface area contributed by atoms with Gasteiger partial charge in [-0.25, -0.2) is 4.39 Å². The van der Waals surface area contributed by atoms with E-state index in [-0.39, 0.29) is 24.8 Å². The Morgan fingerprint density at radius 1 is 1.45 bits per heavy atom. The van der Waals surface area contributed by atoms with Gasteiger partial charge in [0.05, 0.1) is 18.6 Å². The summed E-state index contributed by atoms with van der Waals surface area (Å²) in [5.41, 5.74) is -0.786. The average molecular weight is 281 g/mol. The first-order chi connectivity index (χ1) is 9.46. The van der Waals surface area contributed by atoms with Crippen molar-refractivity contribution in [2.45, 2.75) is 31.8 Å². The van der Waals surface area contributed by atoms with Gasteiger partial charge in [0.15, 0.2) is 0 Å². The summed E-state index contributed by atoms with van der Waals surface area (Å²) in [5.74, 6) is 0.209. The van der Waals surface area contributed by atoms with Crippen molar-refractivity contribution in [1.82, 2.24) is 4.90 Å². The van der Waals surface area contributed by atoms with Gasteiger partial charge in [-0.3, -0.25) is 4.79 Å². The number of amides is 1. The van der Waals surface area contributed by atoms with E-state index in [0.29, 0.717) is 18.8 Å². The second-order valence-corrected chi connectivity index (χ2v) is 5.47. The van der Waals surface area contributed by atoms with E-state index >= 15 is 0 Å². The van der Waals surface area contributed by atoms with Crippen LogP contribution >= 0.6 is 0 Å². The molecule has 110 valence electrons. The molecule has 1 unspecified atom stereocenters. The summed E-state index contributed by atoms with van der Waals surface area (Å²) in [6.07, 6.45) is 1.80. The average Bonchev–Trinajstić information content (AvgIpc) is 2.40. The van der Waals surface area contributed by atoms with Crippen LogP contribution in [0.15, 0.2) is 24.3 Å². The van der Waals surface area contributed by atoms with Crippen molar-refractivity contribution in [3.05, 3.63) is 30.1 Å². The molecule has 1 amide bonds. The van der Waals surface area contributed by atoms with E-state index in [1.54, 1.807) is 11.8 Å². The first-order valence-corrected chi connectivity index (χ1v) is 6.85. The predicted octanol–water partition coefficient (Wildman–Crippen LogP) is 1.97. The third kappa shape index (κ3) is 4.20. The van der Waals surface area contributed by atoms with E-state index in [2.05, 4.69) is 0 Å². The number of ether oxygens (including phenoxy) is 1. The Kier molecular flexibility index (Phi) is 4.60. The third-order valence-electron chi connectivity index (χ3n) is 3.43. The molecule has 1 aliphatic rings. The number of nitrogens with zero attached hydrogens (tertiary/aromatic N) is 1. The van der Waals surface area contributed by atoms with Gasteiger partial charge in [-0.2, -0.15) is 0 Å². The van der Waals surface area contributed by atoms with Crippen molar-refractivity contribution in [1.29, 1.82) is 0 Å². The summed E-state index contributed by atoms with van der Waals surface area (Å²) < 4.78 is 18.1. The molecule has 5 heteroatoms. The molecule has 1 aromatic carbocycles. The molecule has 1 fully saturated rings. The number of carbonyl (C=O) groups is 1. The summed E-state index contributed by atoms with van der Waals surface area (Å²) in [6, 6.07) is 5.70. The van der Waals surface area contributed by atoms with Gasteiger partial charge in [-0.15, -0.1) is 0 Å². The minimum atomic E-state index is -0.786. The number of halogens is 1. The van der Waals surface area contributed by atoms with Crippen LogP contribution in [0.25, 0.3) is 0 Å². The number of hydrogen-bond acceptors (Lipinski definition) is 3. The maximum Gasteiger partial charge on any atom is 0.226 e. The number of aliphatic hydroxyl groups is 1. The fraction of sp³-hybridized carbons (Fsp3) is 0.533. The Labute approximate surface area is 118 Å². The van der Waals surface area contributed by atoms with E-state index < -0.39 is 5.60 Å². The Hall–Kier alpha value is -1.62. The van der Waals surface area contributed by atoms with Crippen LogP contribution < -0.4 is 4.74 Å². The topological polar surface area (TPSA) is 49.8 Å². The van der Waals surface area contributed by atoms with E-state index in [9.17, 15) is 14.3 Å². The molecule has 2 rings (SSSR count). The Morgan fingerprint density at radius 3 is 2.80 bits per heavy atom. The van der Waals surface area contributed by atoms with Crippen molar-refractivity contribution in [2.75, 3.05) is 19.7 Å². The fourth-order valence-electron chi connectivity index (χ4n) is 2.38. The van der Waals surface area contributed by atoms with Crippen LogP contribution in [0.4, 0.5) is 4.39 Å². The fourth-order valence-corrected chi connectivity index (χ4v) is 2.38. The predicted molar refractivity (Wildman–Crippen MR) is 72.9 cm³/mol. The highest BCUT2D eigenvalue weighted by molar-refractivity contribution is 5.76. The van der Waals surface area contributed by atoms with Crippen molar-refractivity contribution in [3.8, 4) is 5.75 Å². The summed E-state index contributed by atoms with van der Waals surface area (Å²) in [6.45, 7) is 3.07. The van der Waals surface area contributed by atoms with E-state index in [4.69, 9.17) is 4.74 Å². The smallest absolute Gasteiger partial charge is 0.226 e. The lowest BCUT2D eigenvalue weighted by atomic mass is 9.95. The van der Waals surface area contributed by atoms with Gasteiger partial charge in [-0.05, 0) is 44.0 Å². The van der Waals surface area contributed by atoms with Gasteiger partial charge >= 0.3 is 0 Å². The highest BCUT2D eigenvalue weighted by atomic mass is 19.1. The number of benzene rings is 1. The van der Waals surface area contributed by atoms with Crippen LogP contribution in [0.5, 0.6) is 5.75 Å². The van der Waals surface area contributed by atoms with E-state index in [1.165, 1.54) is 24.3 Å². The molecule has 4 nitrogen and oxygen atoms in total. The molecule has 1 heterocycles. The van der Waals surface area contributed by atoms with Crippen molar-refractivity contribution >= 4 is 5.91 Å². The molecule has 20 heavy (non-hydrogen) atoms. The van der Waals surface area contributed by atoms with Gasteiger partial charge in [-0.1, -0.05) is 0 Å². The lowest BCUT2D eigenvalue weighted by Gasteiger charge is -2.36. The summed E-state index contributed by atoms with van der Waals surface area (Å²) in [5, 5.41) is 9.96. The number of piperidine rings is 1. The lowest BCUT2D eigenvalue weighted by Crippen LogP contribution is -2.48. The van der Waals surface area contributed by atoms with Crippen LogP contribution in [-0.4, -0.2) is 41.2 Å². The molecule has 1 atom stereocenters. The molecular weight excluding hydrogens is 261 g/mol. The second kappa shape index (κ2) is 6.22. The standard InChI is InChI=1S/C15H20FNO3/c1-15(19)8-2-9-17(11-15)14(18)7-10-20-13-5-3-12(16)4-6-13/h3-6,19H,2,7-11H2,1H3. The minimum absolute atomic E-state index is 0.0212. The molecule has 0 aliphatic carbocycles. The molecular formula is C15H20FNO3. The zero-order valence-corrected chi connectivity index (χ0v) is 11.6. The zero-order chi connectivity index (χ0) is 14.6. The normalized spacial score (nSPS) is 22.6. The van der Waals surface area contributed by atoms with Crippen LogP contribution in [0.2, 0.25) is 0 Å². The quantitative estimate of drug-likeness (QED) is 0.918. The molecule has 1 aromatic rings. The van der Waals surface area contributed by atoms with Crippen molar-refractivity contribution < 1.29 is 19.0 Å². The highest BCUT2D eigenvalue weighted by Gasteiger charge is 2.30. The van der Waals surface area contributed by atoms with E-state index in [0.717, 1.165) is 12.8 Å². The molecule has 0 saturated carbocycles. The van der Waals surface area contributed by atoms with Crippen LogP contribution in [0.3, 0.4) is 0 Å². The number of carbonyl (C=O) groups excluding carboxylic acids is 1. The first-order valence-electron chi connectivity index (χ1n) is 6.85. The highest BCUT2D eigenvalue weighted by Crippen LogP contribution is 2.20. The Bertz CT molecular complexity index is 459. The van der Waals surface area contributed by atoms with Gasteiger partial charge in [0.2, 0.25) is 5.91 Å². The third-order valence-corrected chi connectivity index (χ3v) is 3.43. The largest absolute Gasteiger partial charge is 0.493 e. The zero-order valence-electron chi connectivity index (χ0n) is 11.6. The molecule has 1 aliphatic heterocycles. The minimum Gasteiger partial charge on any atom is -0.493 e. The Balaban J connectivity index is 1.76. The number of hydrogen-bond donors (Lipinski definition) is 1. The summed E-state index contributed by atoms with van der Waals surface area (Å²) in [4.78, 5) is 13.7. The second-order valence-electron chi connectivity index (χ2n) is 5.47. The van der Waals surface area contributed by atoms with Crippen molar-refractivity contribution in [3.63, 3.8) is 0 Å². The molecule has 0 aromatic heterocycles. The monoisotopic (exact) mass is 281 g/mol. The van der Waals surface area contributed by atoms with Gasteiger partial charge in [0.25, 0.3) is 0 Å². The molecule has 0 bridgehead atoms. The van der Waals surface area contributed by atoms with Gasteiger partial charge < -0.3 is 14.7 Å². The number of β-amino-alcohol motifs (C(OH)–C–C–N with tert-alkyl or cyclic N) is 1. The van der Waals surface area contributed by atoms with Gasteiger partial charge in [0.1, 0.15) is 11.6 Å². The van der Waals surface area contributed by atoms with Crippen LogP contribution in [-0.2, 0) is 4.79 Å². The van der Waals surface area contributed by atoms with Crippen LogP contribution in [0, 0.1) is 5.82 Å². The number of rotatable bonds is 4.